The van der Waals surface area contributed by atoms with E-state index >= 15 is 0 Å². The maximum atomic E-state index is 11.5. The first-order chi connectivity index (χ1) is 14.9. The van der Waals surface area contributed by atoms with E-state index < -0.39 is 11.9 Å². The molecule has 0 saturated heterocycles. The minimum Gasteiger partial charge on any atom is -0.478 e. The highest BCUT2D eigenvalue weighted by atomic mass is 79.9. The average molecular weight is 498 g/mol. The second kappa shape index (κ2) is 8.44. The molecular formula is C22H16BrN3O4S. The van der Waals surface area contributed by atoms with E-state index in [1.807, 2.05) is 24.3 Å². The average Bonchev–Trinajstić information content (AvgIpc) is 3.13. The third-order valence-electron chi connectivity index (χ3n) is 4.70. The van der Waals surface area contributed by atoms with Crippen LogP contribution < -0.4 is 5.32 Å². The van der Waals surface area contributed by atoms with Gasteiger partial charge in [0.1, 0.15) is 17.0 Å². The highest BCUT2D eigenvalue weighted by Gasteiger charge is 2.19. The van der Waals surface area contributed by atoms with Crippen molar-refractivity contribution in [2.45, 2.75) is 13.3 Å². The molecular weight excluding hydrogens is 482 g/mol. The van der Waals surface area contributed by atoms with Crippen molar-refractivity contribution < 1.29 is 19.8 Å². The van der Waals surface area contributed by atoms with Crippen LogP contribution in [0.3, 0.4) is 0 Å². The van der Waals surface area contributed by atoms with Gasteiger partial charge in [-0.3, -0.25) is 0 Å². The summed E-state index contributed by atoms with van der Waals surface area (Å²) >= 11 is 5.03. The Morgan fingerprint density at radius 2 is 1.68 bits per heavy atom. The topological polar surface area (TPSA) is 112 Å². The van der Waals surface area contributed by atoms with Crippen LogP contribution in [-0.4, -0.2) is 32.1 Å². The maximum absolute atomic E-state index is 11.5. The van der Waals surface area contributed by atoms with Crippen LogP contribution >= 0.6 is 27.3 Å². The van der Waals surface area contributed by atoms with Gasteiger partial charge in [0.05, 0.1) is 16.5 Å². The first kappa shape index (κ1) is 21.0. The molecule has 0 spiro atoms. The Morgan fingerprint density at radius 1 is 1.03 bits per heavy atom. The number of rotatable bonds is 6. The molecule has 0 bridgehead atoms. The molecule has 156 valence electrons. The van der Waals surface area contributed by atoms with Crippen molar-refractivity contribution in [1.29, 1.82) is 0 Å². The lowest BCUT2D eigenvalue weighted by Crippen LogP contribution is -2.05. The fourth-order valence-corrected chi connectivity index (χ4v) is 4.69. The largest absolute Gasteiger partial charge is 0.478 e. The van der Waals surface area contributed by atoms with Gasteiger partial charge in [-0.05, 0) is 42.3 Å². The van der Waals surface area contributed by atoms with Crippen molar-refractivity contribution in [1.82, 2.24) is 9.97 Å². The van der Waals surface area contributed by atoms with Gasteiger partial charge in [-0.2, -0.15) is 0 Å². The fraction of sp³-hybridized carbons (Fsp3) is 0.0909. The molecule has 0 radical (unpaired) electrons. The summed E-state index contributed by atoms with van der Waals surface area (Å²) in [6.45, 7) is 2.07. The molecule has 9 heteroatoms. The Balaban J connectivity index is 1.90. The number of nitrogens with zero attached hydrogens (tertiary/aromatic N) is 2. The molecule has 0 aliphatic heterocycles. The van der Waals surface area contributed by atoms with Crippen LogP contribution in [-0.2, 0) is 6.42 Å². The standard InChI is InChI=1S/C22H16BrN3O4S/c1-2-16-17(11-3-5-14(23)6-4-11)18-19(24-10-25-20(18)31-16)26-15-8-12(21(27)28)7-13(9-15)22(29)30/h3-10H,2H2,1H3,(H,27,28)(H,29,30)(H,24,25,26). The van der Waals surface area contributed by atoms with E-state index in [0.29, 0.717) is 11.5 Å². The van der Waals surface area contributed by atoms with E-state index in [0.717, 1.165) is 43.2 Å². The number of hydrogen-bond acceptors (Lipinski definition) is 6. The second-order valence-electron chi connectivity index (χ2n) is 6.70. The molecule has 7 nitrogen and oxygen atoms in total. The second-order valence-corrected chi connectivity index (χ2v) is 8.70. The Labute approximate surface area is 189 Å². The van der Waals surface area contributed by atoms with Gasteiger partial charge in [-0.25, -0.2) is 19.6 Å². The van der Waals surface area contributed by atoms with Crippen LogP contribution in [0.2, 0.25) is 0 Å². The molecule has 0 aliphatic rings. The van der Waals surface area contributed by atoms with Gasteiger partial charge in [-0.1, -0.05) is 35.0 Å². The lowest BCUT2D eigenvalue weighted by molar-refractivity contribution is 0.0696. The molecule has 0 aliphatic carbocycles. The molecule has 2 heterocycles. The molecule has 0 atom stereocenters. The number of aromatic nitrogens is 2. The monoisotopic (exact) mass is 497 g/mol. The van der Waals surface area contributed by atoms with E-state index in [4.69, 9.17) is 0 Å². The number of halogens is 1. The molecule has 2 aromatic heterocycles. The Hall–Kier alpha value is -3.30. The SMILES string of the molecule is CCc1sc2ncnc(Nc3cc(C(=O)O)cc(C(=O)O)c3)c2c1-c1ccc(Br)cc1. The van der Waals surface area contributed by atoms with Crippen LogP contribution in [0.25, 0.3) is 21.3 Å². The maximum Gasteiger partial charge on any atom is 0.335 e. The number of carboxylic acids is 2. The van der Waals surface area contributed by atoms with Crippen molar-refractivity contribution in [3.63, 3.8) is 0 Å². The van der Waals surface area contributed by atoms with Crippen molar-refractivity contribution in [3.8, 4) is 11.1 Å². The van der Waals surface area contributed by atoms with Crippen LogP contribution in [0, 0.1) is 0 Å². The zero-order valence-corrected chi connectivity index (χ0v) is 18.6. The number of aryl methyl sites for hydroxylation is 1. The number of anilines is 2. The number of benzene rings is 2. The van der Waals surface area contributed by atoms with E-state index in [2.05, 4.69) is 38.1 Å². The van der Waals surface area contributed by atoms with E-state index in [1.165, 1.54) is 18.5 Å². The Kier molecular flexibility index (Phi) is 5.71. The number of hydrogen-bond donors (Lipinski definition) is 3. The molecule has 4 rings (SSSR count). The Bertz CT molecular complexity index is 1290. The van der Waals surface area contributed by atoms with Crippen molar-refractivity contribution >= 4 is 60.9 Å². The predicted octanol–water partition coefficient (Wildman–Crippen LogP) is 5.82. The number of aromatic carboxylic acids is 2. The normalized spacial score (nSPS) is 10.9. The highest BCUT2D eigenvalue weighted by molar-refractivity contribution is 9.10. The summed E-state index contributed by atoms with van der Waals surface area (Å²) in [5.41, 5.74) is 2.09. The number of carboxylic acid groups (broad SMARTS) is 2. The third kappa shape index (κ3) is 4.14. The van der Waals surface area contributed by atoms with E-state index in [9.17, 15) is 19.8 Å². The Morgan fingerprint density at radius 3 is 2.26 bits per heavy atom. The van der Waals surface area contributed by atoms with Gasteiger partial charge >= 0.3 is 11.9 Å². The molecule has 0 saturated carbocycles. The van der Waals surface area contributed by atoms with Gasteiger partial charge in [0.25, 0.3) is 0 Å². The van der Waals surface area contributed by atoms with Gasteiger partial charge in [-0.15, -0.1) is 11.3 Å². The van der Waals surface area contributed by atoms with Crippen LogP contribution in [0.1, 0.15) is 32.5 Å². The first-order valence-corrected chi connectivity index (χ1v) is 10.9. The number of fused-ring (bicyclic) bond motifs is 1. The van der Waals surface area contributed by atoms with Gasteiger partial charge in [0.2, 0.25) is 0 Å². The number of carbonyl (C=O) groups is 2. The smallest absolute Gasteiger partial charge is 0.335 e. The summed E-state index contributed by atoms with van der Waals surface area (Å²) in [4.78, 5) is 33.6. The first-order valence-electron chi connectivity index (χ1n) is 9.28. The van der Waals surface area contributed by atoms with Crippen molar-refractivity contribution in [3.05, 3.63) is 69.3 Å². The fourth-order valence-electron chi connectivity index (χ4n) is 3.33. The van der Waals surface area contributed by atoms with E-state index in [-0.39, 0.29) is 11.1 Å². The van der Waals surface area contributed by atoms with Gasteiger partial charge in [0, 0.05) is 20.6 Å². The van der Waals surface area contributed by atoms with Crippen LogP contribution in [0.15, 0.2) is 53.3 Å². The van der Waals surface area contributed by atoms with Gasteiger partial charge in [0.15, 0.2) is 0 Å². The van der Waals surface area contributed by atoms with Gasteiger partial charge < -0.3 is 15.5 Å². The third-order valence-corrected chi connectivity index (χ3v) is 6.48. The summed E-state index contributed by atoms with van der Waals surface area (Å²) in [5.74, 6) is -1.94. The molecule has 0 fully saturated rings. The predicted molar refractivity (Wildman–Crippen MR) is 124 cm³/mol. The molecule has 31 heavy (non-hydrogen) atoms. The minimum atomic E-state index is -1.21. The number of thiophene rings is 1. The summed E-state index contributed by atoms with van der Waals surface area (Å²) in [5, 5.41) is 22.6. The zero-order chi connectivity index (χ0) is 22.1. The van der Waals surface area contributed by atoms with E-state index in [1.54, 1.807) is 11.3 Å². The summed E-state index contributed by atoms with van der Waals surface area (Å²) in [7, 11) is 0. The molecule has 0 amide bonds. The quantitative estimate of drug-likeness (QED) is 0.307. The van der Waals surface area contributed by atoms with Crippen LogP contribution in [0.5, 0.6) is 0 Å². The summed E-state index contributed by atoms with van der Waals surface area (Å²) < 4.78 is 0.968. The summed E-state index contributed by atoms with van der Waals surface area (Å²) in [6.07, 6.45) is 2.24. The highest BCUT2D eigenvalue weighted by Crippen LogP contribution is 2.42. The molecule has 3 N–H and O–H groups in total. The lowest BCUT2D eigenvalue weighted by atomic mass is 10.0. The molecule has 0 unspecified atom stereocenters. The summed E-state index contributed by atoms with van der Waals surface area (Å²) in [6, 6.07) is 11.8. The van der Waals surface area contributed by atoms with Crippen molar-refractivity contribution in [2.75, 3.05) is 5.32 Å². The molecule has 4 aromatic rings. The lowest BCUT2D eigenvalue weighted by Gasteiger charge is -2.11. The van der Waals surface area contributed by atoms with Crippen molar-refractivity contribution in [2.24, 2.45) is 0 Å². The zero-order valence-electron chi connectivity index (χ0n) is 16.2. The van der Waals surface area contributed by atoms with Crippen LogP contribution in [0.4, 0.5) is 11.5 Å². The number of nitrogens with one attached hydrogen (secondary N) is 1. The minimum absolute atomic E-state index is 0.125. The molecule has 2 aromatic carbocycles.